The Balaban J connectivity index is 1.55. The lowest BCUT2D eigenvalue weighted by molar-refractivity contribution is -0.140. The molecule has 29 heavy (non-hydrogen) atoms. The molecule has 1 aliphatic heterocycles. The number of benzene rings is 1. The summed E-state index contributed by atoms with van der Waals surface area (Å²) in [5.41, 5.74) is 0.450. The number of likely N-dealkylation sites (tertiary alicyclic amines) is 1. The van der Waals surface area contributed by atoms with Crippen molar-refractivity contribution in [3.8, 4) is 0 Å². The molecular weight excluding hydrogens is 394 g/mol. The van der Waals surface area contributed by atoms with Crippen molar-refractivity contribution in [3.63, 3.8) is 0 Å². The molecule has 2 N–H and O–H groups in total. The Bertz CT molecular complexity index is 871. The Morgan fingerprint density at radius 2 is 1.62 bits per heavy atom. The van der Waals surface area contributed by atoms with Gasteiger partial charge in [0.05, 0.1) is 16.7 Å². The van der Waals surface area contributed by atoms with Crippen LogP contribution in [0.2, 0.25) is 0 Å². The quantitative estimate of drug-likeness (QED) is 0.653. The number of anilines is 1. The molecule has 158 valence electrons. The van der Waals surface area contributed by atoms with Gasteiger partial charge in [0, 0.05) is 24.7 Å². The second-order valence-electron chi connectivity index (χ2n) is 7.92. The number of carbonyl (C=O) groups is 3. The van der Waals surface area contributed by atoms with Crippen molar-refractivity contribution in [2.75, 3.05) is 11.9 Å². The predicted molar refractivity (Wildman–Crippen MR) is 107 cm³/mol. The summed E-state index contributed by atoms with van der Waals surface area (Å²) in [6, 6.07) is 5.62. The third-order valence-corrected chi connectivity index (χ3v) is 7.01. The highest BCUT2D eigenvalue weighted by Gasteiger charge is 2.47. The van der Waals surface area contributed by atoms with Crippen LogP contribution in [-0.4, -0.2) is 43.6 Å². The topological polar surface area (TPSA) is 113 Å². The van der Waals surface area contributed by atoms with E-state index in [1.165, 1.54) is 29.2 Å². The van der Waals surface area contributed by atoms with E-state index in [2.05, 4.69) is 10.0 Å². The lowest BCUT2D eigenvalue weighted by atomic mass is 9.81. The van der Waals surface area contributed by atoms with Crippen molar-refractivity contribution in [3.05, 3.63) is 24.3 Å². The first-order chi connectivity index (χ1) is 13.7. The van der Waals surface area contributed by atoms with Gasteiger partial charge in [0.25, 0.3) is 0 Å². The Morgan fingerprint density at radius 3 is 2.14 bits per heavy atom. The number of imide groups is 1. The van der Waals surface area contributed by atoms with Crippen LogP contribution in [0.25, 0.3) is 0 Å². The minimum Gasteiger partial charge on any atom is -0.326 e. The summed E-state index contributed by atoms with van der Waals surface area (Å²) in [5.74, 6) is -1.07. The van der Waals surface area contributed by atoms with E-state index in [0.29, 0.717) is 5.69 Å². The second-order valence-corrected chi connectivity index (χ2v) is 9.64. The third-order valence-electron chi connectivity index (χ3n) is 5.33. The van der Waals surface area contributed by atoms with Gasteiger partial charge >= 0.3 is 0 Å². The fraction of sp³-hybridized carbons (Fsp3) is 0.550. The molecule has 0 bridgehead atoms. The van der Waals surface area contributed by atoms with Crippen LogP contribution in [0.1, 0.15) is 46.0 Å². The number of rotatable bonds is 7. The summed E-state index contributed by atoms with van der Waals surface area (Å²) in [4.78, 5) is 38.5. The van der Waals surface area contributed by atoms with Gasteiger partial charge in [-0.2, -0.15) is 0 Å². The monoisotopic (exact) mass is 421 g/mol. The normalized spacial score (nSPS) is 22.1. The molecule has 0 aromatic heterocycles. The van der Waals surface area contributed by atoms with Crippen molar-refractivity contribution in [1.82, 2.24) is 9.62 Å². The summed E-state index contributed by atoms with van der Waals surface area (Å²) < 4.78 is 26.7. The van der Waals surface area contributed by atoms with Gasteiger partial charge in [0.2, 0.25) is 27.7 Å². The first-order valence-corrected chi connectivity index (χ1v) is 11.4. The first-order valence-electron chi connectivity index (χ1n) is 9.96. The molecule has 2 aliphatic rings. The zero-order chi connectivity index (χ0) is 21.2. The second kappa shape index (κ2) is 8.62. The number of sulfonamides is 1. The molecule has 2 atom stereocenters. The maximum atomic E-state index is 12.4. The Labute approximate surface area is 171 Å². The number of nitrogens with zero attached hydrogens (tertiary/aromatic N) is 1. The minimum atomic E-state index is -3.59. The molecule has 1 aromatic carbocycles. The van der Waals surface area contributed by atoms with Crippen LogP contribution >= 0.6 is 0 Å². The maximum absolute atomic E-state index is 12.4. The van der Waals surface area contributed by atoms with E-state index in [1.807, 2.05) is 0 Å². The van der Waals surface area contributed by atoms with Gasteiger partial charge in [-0.15, -0.1) is 0 Å². The molecule has 2 fully saturated rings. The smallest absolute Gasteiger partial charge is 0.240 e. The van der Waals surface area contributed by atoms with Gasteiger partial charge < -0.3 is 5.32 Å². The number of amides is 3. The van der Waals surface area contributed by atoms with Crippen LogP contribution in [0, 0.1) is 11.8 Å². The Kier molecular flexibility index (Phi) is 6.38. The summed E-state index contributed by atoms with van der Waals surface area (Å²) in [7, 11) is -3.59. The lowest BCUT2D eigenvalue weighted by Gasteiger charge is -2.19. The summed E-state index contributed by atoms with van der Waals surface area (Å²) in [5, 5.41) is 2.67. The largest absolute Gasteiger partial charge is 0.326 e. The molecule has 1 saturated carbocycles. The molecule has 0 unspecified atom stereocenters. The van der Waals surface area contributed by atoms with Gasteiger partial charge in [0.15, 0.2) is 0 Å². The van der Waals surface area contributed by atoms with Gasteiger partial charge in [-0.25, -0.2) is 13.1 Å². The van der Waals surface area contributed by atoms with Crippen molar-refractivity contribution >= 4 is 33.4 Å². The number of hydrogen-bond acceptors (Lipinski definition) is 5. The van der Waals surface area contributed by atoms with E-state index in [9.17, 15) is 22.8 Å². The van der Waals surface area contributed by atoms with Crippen LogP contribution in [0.15, 0.2) is 29.2 Å². The molecule has 0 radical (unpaired) electrons. The number of fused-ring (bicyclic) bond motifs is 1. The van der Waals surface area contributed by atoms with E-state index in [-0.39, 0.29) is 53.5 Å². The van der Waals surface area contributed by atoms with E-state index in [1.54, 1.807) is 13.8 Å². The fourth-order valence-electron chi connectivity index (χ4n) is 3.98. The SMILES string of the molecule is CC(C)NS(=O)(=O)c1ccc(NC(=O)CCN2C(=O)[C@H]3CCCC[C@H]3C2=O)cc1. The van der Waals surface area contributed by atoms with Crippen molar-refractivity contribution in [2.45, 2.75) is 56.9 Å². The van der Waals surface area contributed by atoms with Gasteiger partial charge in [-0.3, -0.25) is 19.3 Å². The van der Waals surface area contributed by atoms with Crippen molar-refractivity contribution in [2.24, 2.45) is 11.8 Å². The van der Waals surface area contributed by atoms with E-state index < -0.39 is 10.0 Å². The van der Waals surface area contributed by atoms with Crippen LogP contribution in [0.4, 0.5) is 5.69 Å². The Morgan fingerprint density at radius 1 is 1.07 bits per heavy atom. The molecule has 1 aliphatic carbocycles. The molecule has 0 spiro atoms. The van der Waals surface area contributed by atoms with Gasteiger partial charge in [-0.05, 0) is 51.0 Å². The van der Waals surface area contributed by atoms with Crippen LogP contribution in [0.5, 0.6) is 0 Å². The minimum absolute atomic E-state index is 0.00583. The fourth-order valence-corrected chi connectivity index (χ4v) is 5.24. The highest BCUT2D eigenvalue weighted by molar-refractivity contribution is 7.89. The third kappa shape index (κ3) is 4.84. The molecular formula is C20H27N3O5S. The summed E-state index contributed by atoms with van der Waals surface area (Å²) in [6.07, 6.45) is 3.43. The Hall–Kier alpha value is -2.26. The molecule has 1 heterocycles. The zero-order valence-electron chi connectivity index (χ0n) is 16.7. The molecule has 9 heteroatoms. The summed E-state index contributed by atoms with van der Waals surface area (Å²) >= 11 is 0. The van der Waals surface area contributed by atoms with E-state index in [0.717, 1.165) is 25.7 Å². The predicted octanol–water partition coefficient (Wildman–Crippen LogP) is 1.88. The highest BCUT2D eigenvalue weighted by Crippen LogP contribution is 2.37. The van der Waals surface area contributed by atoms with E-state index in [4.69, 9.17) is 0 Å². The molecule has 3 rings (SSSR count). The number of carbonyl (C=O) groups excluding carboxylic acids is 3. The molecule has 8 nitrogen and oxygen atoms in total. The molecule has 3 amide bonds. The van der Waals surface area contributed by atoms with Crippen molar-refractivity contribution < 1.29 is 22.8 Å². The molecule has 1 saturated heterocycles. The highest BCUT2D eigenvalue weighted by atomic mass is 32.2. The maximum Gasteiger partial charge on any atom is 0.240 e. The lowest BCUT2D eigenvalue weighted by Crippen LogP contribution is -2.34. The standard InChI is InChI=1S/C20H27N3O5S/c1-13(2)22-29(27,28)15-9-7-14(8-10-15)21-18(24)11-12-23-19(25)16-5-3-4-6-17(16)20(23)26/h7-10,13,16-17,22H,3-6,11-12H2,1-2H3,(H,21,24)/t16-,17+. The van der Waals surface area contributed by atoms with Gasteiger partial charge in [-0.1, -0.05) is 12.8 Å². The summed E-state index contributed by atoms with van der Waals surface area (Å²) in [6.45, 7) is 3.54. The van der Waals surface area contributed by atoms with Crippen molar-refractivity contribution in [1.29, 1.82) is 0 Å². The number of hydrogen-bond donors (Lipinski definition) is 2. The first kappa shape index (κ1) is 21.4. The van der Waals surface area contributed by atoms with Crippen LogP contribution < -0.4 is 10.0 Å². The van der Waals surface area contributed by atoms with E-state index >= 15 is 0 Å². The van der Waals surface area contributed by atoms with Crippen LogP contribution in [-0.2, 0) is 24.4 Å². The number of nitrogens with one attached hydrogen (secondary N) is 2. The average Bonchev–Trinajstić information content (AvgIpc) is 2.90. The molecule has 1 aromatic rings. The van der Waals surface area contributed by atoms with Gasteiger partial charge in [0.1, 0.15) is 0 Å². The zero-order valence-corrected chi connectivity index (χ0v) is 17.5. The van der Waals surface area contributed by atoms with Crippen LogP contribution in [0.3, 0.4) is 0 Å². The average molecular weight is 422 g/mol.